The van der Waals surface area contributed by atoms with E-state index >= 15 is 0 Å². The monoisotopic (exact) mass is 301 g/mol. The molecular formula is C19H15N3O. The molecule has 1 aromatic heterocycles. The summed E-state index contributed by atoms with van der Waals surface area (Å²) in [6.07, 6.45) is 1.64. The molecule has 0 bridgehead atoms. The smallest absolute Gasteiger partial charge is 0.266 e. The van der Waals surface area contributed by atoms with Gasteiger partial charge in [-0.15, -0.1) is 0 Å². The van der Waals surface area contributed by atoms with E-state index in [4.69, 9.17) is 5.26 Å². The molecule has 4 nitrogen and oxygen atoms in total. The number of pyridine rings is 1. The molecule has 0 aliphatic rings. The number of benzene rings is 2. The number of aryl methyl sites for hydroxylation is 2. The molecule has 112 valence electrons. The molecule has 0 fully saturated rings. The summed E-state index contributed by atoms with van der Waals surface area (Å²) in [7, 11) is 0. The largest absolute Gasteiger partial charge is 0.289 e. The van der Waals surface area contributed by atoms with Crippen LogP contribution in [0.4, 0.5) is 0 Å². The van der Waals surface area contributed by atoms with Crippen LogP contribution in [-0.4, -0.2) is 10.9 Å². The van der Waals surface area contributed by atoms with E-state index in [2.05, 4.69) is 5.10 Å². The number of aromatic nitrogens is 1. The van der Waals surface area contributed by atoms with Crippen molar-refractivity contribution in [1.29, 1.82) is 5.26 Å². The number of hydrogen-bond donors (Lipinski definition) is 0. The zero-order chi connectivity index (χ0) is 16.4. The molecule has 3 rings (SSSR count). The van der Waals surface area contributed by atoms with Gasteiger partial charge in [-0.2, -0.15) is 10.4 Å². The molecule has 1 heterocycles. The number of rotatable bonds is 2. The molecule has 0 unspecified atom stereocenters. The molecule has 0 saturated heterocycles. The quantitative estimate of drug-likeness (QED) is 0.681. The fourth-order valence-corrected chi connectivity index (χ4v) is 2.57. The van der Waals surface area contributed by atoms with Gasteiger partial charge >= 0.3 is 0 Å². The third kappa shape index (κ3) is 2.77. The van der Waals surface area contributed by atoms with Crippen LogP contribution < -0.4 is 5.56 Å². The third-order valence-electron chi connectivity index (χ3n) is 3.77. The zero-order valence-electron chi connectivity index (χ0n) is 12.9. The second-order valence-electron chi connectivity index (χ2n) is 5.42. The van der Waals surface area contributed by atoms with Crippen LogP contribution in [-0.2, 0) is 0 Å². The average Bonchev–Trinajstić information content (AvgIpc) is 2.54. The lowest BCUT2D eigenvalue weighted by molar-refractivity contribution is 0.787. The predicted octanol–water partition coefficient (Wildman–Crippen LogP) is 3.37. The Balaban J connectivity index is 2.05. The number of nitrogens with zero attached hydrogens (tertiary/aromatic N) is 3. The van der Waals surface area contributed by atoms with Gasteiger partial charge in [0.1, 0.15) is 11.6 Å². The summed E-state index contributed by atoms with van der Waals surface area (Å²) >= 11 is 0. The summed E-state index contributed by atoms with van der Waals surface area (Å²) in [5, 5.41) is 15.6. The highest BCUT2D eigenvalue weighted by atomic mass is 16.1. The molecule has 0 spiro atoms. The molecule has 0 amide bonds. The minimum Gasteiger partial charge on any atom is -0.266 e. The minimum atomic E-state index is -0.387. The molecule has 0 N–H and O–H groups in total. The van der Waals surface area contributed by atoms with Gasteiger partial charge in [0.25, 0.3) is 5.56 Å². The summed E-state index contributed by atoms with van der Waals surface area (Å²) in [5.74, 6) is 0. The van der Waals surface area contributed by atoms with Gasteiger partial charge in [0.2, 0.25) is 0 Å². The van der Waals surface area contributed by atoms with Crippen LogP contribution in [0.25, 0.3) is 10.8 Å². The molecule has 0 atom stereocenters. The van der Waals surface area contributed by atoms with Crippen molar-refractivity contribution in [1.82, 2.24) is 4.68 Å². The maximum absolute atomic E-state index is 12.3. The summed E-state index contributed by atoms with van der Waals surface area (Å²) in [6.45, 7) is 3.55. The second-order valence-corrected chi connectivity index (χ2v) is 5.42. The van der Waals surface area contributed by atoms with Crippen LogP contribution >= 0.6 is 0 Å². The second kappa shape index (κ2) is 5.90. The lowest BCUT2D eigenvalue weighted by Gasteiger charge is -2.06. The highest BCUT2D eigenvalue weighted by Gasteiger charge is 2.08. The fraction of sp³-hybridized carbons (Fsp3) is 0.105. The molecule has 0 aliphatic carbocycles. The Labute approximate surface area is 133 Å². The van der Waals surface area contributed by atoms with Crippen LogP contribution in [0.15, 0.2) is 58.4 Å². The van der Waals surface area contributed by atoms with Gasteiger partial charge in [0.15, 0.2) is 0 Å². The first-order chi connectivity index (χ1) is 11.1. The Morgan fingerprint density at radius 1 is 1.09 bits per heavy atom. The Hall–Kier alpha value is -3.19. The Kier molecular flexibility index (Phi) is 3.78. The lowest BCUT2D eigenvalue weighted by Crippen LogP contribution is -2.22. The van der Waals surface area contributed by atoms with Crippen molar-refractivity contribution < 1.29 is 0 Å². The van der Waals surface area contributed by atoms with E-state index < -0.39 is 0 Å². The molecule has 0 saturated carbocycles. The van der Waals surface area contributed by atoms with Crippen LogP contribution in [0, 0.1) is 25.2 Å². The zero-order valence-corrected chi connectivity index (χ0v) is 12.9. The first kappa shape index (κ1) is 14.7. The van der Waals surface area contributed by atoms with Crippen LogP contribution in [0.2, 0.25) is 0 Å². The minimum absolute atomic E-state index is 0.131. The molecule has 0 radical (unpaired) electrons. The average molecular weight is 301 g/mol. The lowest BCUT2D eigenvalue weighted by atomic mass is 10.1. The van der Waals surface area contributed by atoms with Crippen LogP contribution in [0.3, 0.4) is 0 Å². The standard InChI is InChI=1S/C19H15N3O/c1-13-9-14(2)22(19(23)18(13)11-20)21-12-15-7-8-16-5-3-4-6-17(16)10-15/h3-10,12H,1-2H3. The van der Waals surface area contributed by atoms with Gasteiger partial charge in [0, 0.05) is 5.69 Å². The number of nitriles is 1. The molecular weight excluding hydrogens is 286 g/mol. The van der Waals surface area contributed by atoms with Gasteiger partial charge in [-0.3, -0.25) is 4.79 Å². The van der Waals surface area contributed by atoms with E-state index in [0.29, 0.717) is 11.3 Å². The van der Waals surface area contributed by atoms with Crippen molar-refractivity contribution >= 4 is 17.0 Å². The van der Waals surface area contributed by atoms with Gasteiger partial charge in [-0.05, 0) is 47.9 Å². The summed E-state index contributed by atoms with van der Waals surface area (Å²) < 4.78 is 1.26. The van der Waals surface area contributed by atoms with Crippen molar-refractivity contribution in [2.24, 2.45) is 5.10 Å². The number of hydrogen-bond acceptors (Lipinski definition) is 3. The van der Waals surface area contributed by atoms with Crippen molar-refractivity contribution in [2.75, 3.05) is 0 Å². The van der Waals surface area contributed by atoms with E-state index in [1.807, 2.05) is 48.5 Å². The Morgan fingerprint density at radius 2 is 1.83 bits per heavy atom. The SMILES string of the molecule is Cc1cc(C)n(N=Cc2ccc3ccccc3c2)c(=O)c1C#N. The van der Waals surface area contributed by atoms with Gasteiger partial charge in [-0.25, -0.2) is 4.68 Å². The van der Waals surface area contributed by atoms with Crippen molar-refractivity contribution in [2.45, 2.75) is 13.8 Å². The van der Waals surface area contributed by atoms with E-state index in [9.17, 15) is 4.79 Å². The highest BCUT2D eigenvalue weighted by Crippen LogP contribution is 2.14. The highest BCUT2D eigenvalue weighted by molar-refractivity contribution is 5.90. The summed E-state index contributed by atoms with van der Waals surface area (Å²) in [6, 6.07) is 17.8. The maximum atomic E-state index is 12.3. The van der Waals surface area contributed by atoms with Crippen molar-refractivity contribution in [3.8, 4) is 6.07 Å². The normalized spacial score (nSPS) is 11.0. The predicted molar refractivity (Wildman–Crippen MR) is 91.8 cm³/mol. The maximum Gasteiger partial charge on any atom is 0.289 e. The van der Waals surface area contributed by atoms with E-state index in [0.717, 1.165) is 16.3 Å². The van der Waals surface area contributed by atoms with Crippen molar-refractivity contribution in [3.05, 3.63) is 81.3 Å². The molecule has 23 heavy (non-hydrogen) atoms. The van der Waals surface area contributed by atoms with Crippen molar-refractivity contribution in [3.63, 3.8) is 0 Å². The Morgan fingerprint density at radius 3 is 2.57 bits per heavy atom. The fourth-order valence-electron chi connectivity index (χ4n) is 2.57. The van der Waals surface area contributed by atoms with E-state index in [-0.39, 0.29) is 11.1 Å². The van der Waals surface area contributed by atoms with E-state index in [1.165, 1.54) is 4.68 Å². The van der Waals surface area contributed by atoms with Gasteiger partial charge < -0.3 is 0 Å². The first-order valence-corrected chi connectivity index (χ1v) is 7.26. The molecule has 4 heteroatoms. The summed E-state index contributed by atoms with van der Waals surface area (Å²) in [4.78, 5) is 12.3. The molecule has 0 aliphatic heterocycles. The molecule has 3 aromatic rings. The molecule has 2 aromatic carbocycles. The van der Waals surface area contributed by atoms with Gasteiger partial charge in [-0.1, -0.05) is 36.4 Å². The Bertz CT molecular complexity index is 1020. The third-order valence-corrected chi connectivity index (χ3v) is 3.77. The van der Waals surface area contributed by atoms with Gasteiger partial charge in [0.05, 0.1) is 6.21 Å². The number of fused-ring (bicyclic) bond motifs is 1. The summed E-state index contributed by atoms with van der Waals surface area (Å²) in [5.41, 5.74) is 2.01. The van der Waals surface area contributed by atoms with Crippen LogP contribution in [0.5, 0.6) is 0 Å². The van der Waals surface area contributed by atoms with Crippen LogP contribution in [0.1, 0.15) is 22.4 Å². The topological polar surface area (TPSA) is 58.1 Å². The first-order valence-electron chi connectivity index (χ1n) is 7.26. The van der Waals surface area contributed by atoms with E-state index in [1.54, 1.807) is 26.1 Å².